The van der Waals surface area contributed by atoms with Gasteiger partial charge in [-0.05, 0) is 19.3 Å². The van der Waals surface area contributed by atoms with Crippen LogP contribution in [-0.4, -0.2) is 49.4 Å². The van der Waals surface area contributed by atoms with Crippen molar-refractivity contribution < 1.29 is 13.2 Å². The smallest absolute Gasteiger partial charge is 0.239 e. The lowest BCUT2D eigenvalue weighted by molar-refractivity contribution is -0.134. The minimum absolute atomic E-state index is 0.0857. The Bertz CT molecular complexity index is 395. The van der Waals surface area contributed by atoms with E-state index in [1.54, 1.807) is 4.90 Å². The summed E-state index contributed by atoms with van der Waals surface area (Å²) in [7, 11) is -2.97. The summed E-state index contributed by atoms with van der Waals surface area (Å²) in [5.74, 6) is 0.204. The maximum Gasteiger partial charge on any atom is 0.239 e. The second kappa shape index (κ2) is 7.24. The Morgan fingerprint density at radius 3 is 2.53 bits per heavy atom. The van der Waals surface area contributed by atoms with Crippen LogP contribution >= 0.6 is 0 Å². The molecule has 19 heavy (non-hydrogen) atoms. The van der Waals surface area contributed by atoms with Gasteiger partial charge in [-0.2, -0.15) is 0 Å². The predicted molar refractivity (Wildman–Crippen MR) is 76.6 cm³/mol. The molecule has 0 aromatic heterocycles. The Labute approximate surface area is 116 Å². The summed E-state index contributed by atoms with van der Waals surface area (Å²) >= 11 is 0. The molecule has 1 heterocycles. The fourth-order valence-corrected chi connectivity index (χ4v) is 4.20. The number of carbonyl (C=O) groups excluding carboxylic acids is 1. The van der Waals surface area contributed by atoms with Crippen molar-refractivity contribution in [2.24, 2.45) is 5.73 Å². The van der Waals surface area contributed by atoms with E-state index >= 15 is 0 Å². The second-order valence-electron chi connectivity index (χ2n) is 5.34. The molecule has 1 amide bonds. The third-order valence-corrected chi connectivity index (χ3v) is 5.35. The van der Waals surface area contributed by atoms with Gasteiger partial charge >= 0.3 is 0 Å². The molecule has 0 aliphatic carbocycles. The summed E-state index contributed by atoms with van der Waals surface area (Å²) in [4.78, 5) is 14.1. The van der Waals surface area contributed by atoms with Gasteiger partial charge in [0.15, 0.2) is 9.84 Å². The molecule has 1 fully saturated rings. The molecule has 2 atom stereocenters. The molecule has 0 radical (unpaired) electrons. The summed E-state index contributed by atoms with van der Waals surface area (Å²) in [5.41, 5.74) is 5.89. The quantitative estimate of drug-likeness (QED) is 0.756. The molecule has 0 saturated carbocycles. The monoisotopic (exact) mass is 290 g/mol. The van der Waals surface area contributed by atoms with E-state index in [0.717, 1.165) is 19.3 Å². The number of sulfone groups is 1. The number of amides is 1. The Kier molecular flexibility index (Phi) is 6.26. The van der Waals surface area contributed by atoms with Crippen molar-refractivity contribution >= 4 is 15.7 Å². The molecule has 2 N–H and O–H groups in total. The molecular weight excluding hydrogens is 264 g/mol. The van der Waals surface area contributed by atoms with Crippen LogP contribution in [0.15, 0.2) is 0 Å². The third-order valence-electron chi connectivity index (χ3n) is 3.60. The van der Waals surface area contributed by atoms with Gasteiger partial charge in [-0.25, -0.2) is 8.42 Å². The van der Waals surface area contributed by atoms with Crippen molar-refractivity contribution in [3.05, 3.63) is 0 Å². The fraction of sp³-hybridized carbons (Fsp3) is 0.923. The first-order valence-electron chi connectivity index (χ1n) is 7.17. The maximum atomic E-state index is 12.3. The van der Waals surface area contributed by atoms with Crippen molar-refractivity contribution in [3.8, 4) is 0 Å². The van der Waals surface area contributed by atoms with Crippen molar-refractivity contribution in [2.75, 3.05) is 18.1 Å². The molecule has 1 aliphatic heterocycles. The molecule has 0 aromatic carbocycles. The van der Waals surface area contributed by atoms with Crippen molar-refractivity contribution in [2.45, 2.75) is 58.0 Å². The topological polar surface area (TPSA) is 80.5 Å². The number of hydrogen-bond acceptors (Lipinski definition) is 4. The zero-order valence-corrected chi connectivity index (χ0v) is 12.8. The van der Waals surface area contributed by atoms with Crippen LogP contribution in [0.5, 0.6) is 0 Å². The van der Waals surface area contributed by atoms with Gasteiger partial charge in [0.05, 0.1) is 17.5 Å². The lowest BCUT2D eigenvalue weighted by atomic mass is 10.1. The SMILES string of the molecule is CCCCN(C(=O)[C@H](N)CCC)C1CCS(=O)(=O)C1. The number of nitrogens with zero attached hydrogens (tertiary/aromatic N) is 1. The van der Waals surface area contributed by atoms with E-state index in [0.29, 0.717) is 19.4 Å². The van der Waals surface area contributed by atoms with E-state index in [1.165, 1.54) is 0 Å². The van der Waals surface area contributed by atoms with Crippen molar-refractivity contribution in [1.29, 1.82) is 0 Å². The van der Waals surface area contributed by atoms with E-state index in [2.05, 4.69) is 6.92 Å². The highest BCUT2D eigenvalue weighted by Crippen LogP contribution is 2.19. The van der Waals surface area contributed by atoms with Gasteiger partial charge < -0.3 is 10.6 Å². The zero-order chi connectivity index (χ0) is 14.5. The molecule has 5 nitrogen and oxygen atoms in total. The van der Waals surface area contributed by atoms with E-state index in [4.69, 9.17) is 5.73 Å². The van der Waals surface area contributed by atoms with Gasteiger partial charge in [-0.15, -0.1) is 0 Å². The first-order valence-corrected chi connectivity index (χ1v) is 9.00. The predicted octanol–water partition coefficient (Wildman–Crippen LogP) is 0.930. The van der Waals surface area contributed by atoms with E-state index < -0.39 is 15.9 Å². The highest BCUT2D eigenvalue weighted by atomic mass is 32.2. The molecule has 1 aliphatic rings. The Morgan fingerprint density at radius 2 is 2.05 bits per heavy atom. The number of hydrogen-bond donors (Lipinski definition) is 1. The summed E-state index contributed by atoms with van der Waals surface area (Å²) in [6.45, 7) is 4.66. The van der Waals surface area contributed by atoms with Gasteiger partial charge in [0.2, 0.25) is 5.91 Å². The van der Waals surface area contributed by atoms with E-state index in [-0.39, 0.29) is 23.5 Å². The van der Waals surface area contributed by atoms with Crippen molar-refractivity contribution in [1.82, 2.24) is 4.90 Å². The lowest BCUT2D eigenvalue weighted by Crippen LogP contribution is -2.49. The zero-order valence-electron chi connectivity index (χ0n) is 12.0. The van der Waals surface area contributed by atoms with Crippen LogP contribution in [0, 0.1) is 0 Å². The number of carbonyl (C=O) groups is 1. The fourth-order valence-electron chi connectivity index (χ4n) is 2.47. The summed E-state index contributed by atoms with van der Waals surface area (Å²) in [6, 6.07) is -0.669. The molecule has 1 unspecified atom stereocenters. The van der Waals surface area contributed by atoms with Gasteiger partial charge in [-0.1, -0.05) is 26.7 Å². The molecule has 1 rings (SSSR count). The summed E-state index contributed by atoms with van der Waals surface area (Å²) < 4.78 is 23.1. The minimum atomic E-state index is -2.97. The molecule has 1 saturated heterocycles. The van der Waals surface area contributed by atoms with Gasteiger partial charge in [0, 0.05) is 12.6 Å². The molecule has 0 bridgehead atoms. The Balaban J connectivity index is 2.74. The van der Waals surface area contributed by atoms with Crippen LogP contribution in [0.1, 0.15) is 46.0 Å². The Morgan fingerprint density at radius 1 is 1.37 bits per heavy atom. The second-order valence-corrected chi connectivity index (χ2v) is 7.57. The van der Waals surface area contributed by atoms with Crippen LogP contribution in [0.2, 0.25) is 0 Å². The van der Waals surface area contributed by atoms with Crippen molar-refractivity contribution in [3.63, 3.8) is 0 Å². The van der Waals surface area contributed by atoms with Crippen LogP contribution in [0.3, 0.4) is 0 Å². The first kappa shape index (κ1) is 16.4. The van der Waals surface area contributed by atoms with Gasteiger partial charge in [-0.3, -0.25) is 4.79 Å². The molecule has 6 heteroatoms. The molecular formula is C13H26N2O3S. The average Bonchev–Trinajstić information content (AvgIpc) is 2.70. The van der Waals surface area contributed by atoms with Crippen LogP contribution < -0.4 is 5.73 Å². The van der Waals surface area contributed by atoms with E-state index in [1.807, 2.05) is 6.92 Å². The van der Waals surface area contributed by atoms with Gasteiger partial charge in [0.1, 0.15) is 0 Å². The molecule has 0 aromatic rings. The van der Waals surface area contributed by atoms with Crippen LogP contribution in [-0.2, 0) is 14.6 Å². The molecule has 0 spiro atoms. The largest absolute Gasteiger partial charge is 0.337 e. The normalized spacial score (nSPS) is 23.2. The van der Waals surface area contributed by atoms with Crippen LogP contribution in [0.4, 0.5) is 0 Å². The lowest BCUT2D eigenvalue weighted by Gasteiger charge is -2.30. The standard InChI is InChI=1S/C13H26N2O3S/c1-3-5-8-15(13(16)12(14)6-4-2)11-7-9-19(17,18)10-11/h11-12H,3-10,14H2,1-2H3/t11?,12-/m1/s1. The average molecular weight is 290 g/mol. The van der Waals surface area contributed by atoms with Gasteiger partial charge in [0.25, 0.3) is 0 Å². The number of rotatable bonds is 7. The number of nitrogens with two attached hydrogens (primary N) is 1. The summed E-state index contributed by atoms with van der Waals surface area (Å²) in [6.07, 6.45) is 3.93. The minimum Gasteiger partial charge on any atom is -0.337 e. The highest BCUT2D eigenvalue weighted by molar-refractivity contribution is 7.91. The summed E-state index contributed by atoms with van der Waals surface area (Å²) in [5, 5.41) is 0. The first-order chi connectivity index (χ1) is 8.91. The number of unbranched alkanes of at least 4 members (excludes halogenated alkanes) is 1. The molecule has 112 valence electrons. The van der Waals surface area contributed by atoms with E-state index in [9.17, 15) is 13.2 Å². The van der Waals surface area contributed by atoms with Crippen LogP contribution in [0.25, 0.3) is 0 Å². The Hall–Kier alpha value is -0.620. The maximum absolute atomic E-state index is 12.3. The third kappa shape index (κ3) is 4.76. The highest BCUT2D eigenvalue weighted by Gasteiger charge is 2.35.